The molecule has 0 unspecified atom stereocenters. The van der Waals surface area contributed by atoms with E-state index in [4.69, 9.17) is 4.74 Å². The second-order valence-corrected chi connectivity index (χ2v) is 8.74. The van der Waals surface area contributed by atoms with Crippen LogP contribution < -0.4 is 10.9 Å². The highest BCUT2D eigenvalue weighted by molar-refractivity contribution is 7.89. The third kappa shape index (κ3) is 4.13. The number of aryl methyl sites for hydroxylation is 1. The predicted octanol–water partition coefficient (Wildman–Crippen LogP) is 0.133. The van der Waals surface area contributed by atoms with Crippen LogP contribution in [0.2, 0.25) is 0 Å². The van der Waals surface area contributed by atoms with Crippen LogP contribution in [0.5, 0.6) is 0 Å². The molecule has 162 valence electrons. The second kappa shape index (κ2) is 8.41. The number of hydrogen-bond donors (Lipinski definition) is 2. The van der Waals surface area contributed by atoms with Gasteiger partial charge in [0, 0.05) is 31.0 Å². The summed E-state index contributed by atoms with van der Waals surface area (Å²) in [5.74, 6) is -1.24. The van der Waals surface area contributed by atoms with Crippen LogP contribution in [-0.2, 0) is 14.8 Å². The van der Waals surface area contributed by atoms with Gasteiger partial charge < -0.3 is 4.74 Å². The van der Waals surface area contributed by atoms with E-state index >= 15 is 0 Å². The van der Waals surface area contributed by atoms with Gasteiger partial charge in [0.1, 0.15) is 5.56 Å². The molecule has 12 heteroatoms. The number of morpholine rings is 1. The van der Waals surface area contributed by atoms with Gasteiger partial charge in [0.15, 0.2) is 5.65 Å². The van der Waals surface area contributed by atoms with Crippen LogP contribution in [0.1, 0.15) is 26.4 Å². The topological polar surface area (TPSA) is 135 Å². The summed E-state index contributed by atoms with van der Waals surface area (Å²) in [5, 5.41) is 4.20. The molecule has 4 rings (SSSR count). The van der Waals surface area contributed by atoms with Crippen LogP contribution in [0.25, 0.3) is 5.65 Å². The van der Waals surface area contributed by atoms with Crippen molar-refractivity contribution in [2.45, 2.75) is 11.8 Å². The number of hydrazine groups is 1. The summed E-state index contributed by atoms with van der Waals surface area (Å²) >= 11 is 0. The van der Waals surface area contributed by atoms with Crippen molar-refractivity contribution in [2.75, 3.05) is 26.3 Å². The first-order chi connectivity index (χ1) is 14.9. The molecule has 1 aromatic carbocycles. The zero-order valence-corrected chi connectivity index (χ0v) is 17.4. The van der Waals surface area contributed by atoms with E-state index in [0.29, 0.717) is 24.6 Å². The number of sulfonamides is 1. The molecular formula is C19H20N6O5S. The van der Waals surface area contributed by atoms with Crippen molar-refractivity contribution in [3.8, 4) is 0 Å². The van der Waals surface area contributed by atoms with E-state index in [2.05, 4.69) is 20.9 Å². The second-order valence-electron chi connectivity index (χ2n) is 6.80. The summed E-state index contributed by atoms with van der Waals surface area (Å²) in [5.41, 5.74) is 5.75. The molecule has 0 atom stereocenters. The number of benzene rings is 1. The van der Waals surface area contributed by atoms with Crippen LogP contribution >= 0.6 is 0 Å². The lowest BCUT2D eigenvalue weighted by Crippen LogP contribution is -2.42. The summed E-state index contributed by atoms with van der Waals surface area (Å²) in [7, 11) is -3.75. The summed E-state index contributed by atoms with van der Waals surface area (Å²) < 4.78 is 33.6. The van der Waals surface area contributed by atoms with E-state index in [1.54, 1.807) is 19.2 Å². The minimum atomic E-state index is -3.75. The monoisotopic (exact) mass is 444 g/mol. The number of carbonyl (C=O) groups excluding carboxylic acids is 2. The maximum atomic E-state index is 12.8. The molecule has 0 bridgehead atoms. The summed E-state index contributed by atoms with van der Waals surface area (Å²) in [6, 6.07) is 7.31. The first-order valence-corrected chi connectivity index (χ1v) is 10.9. The van der Waals surface area contributed by atoms with E-state index < -0.39 is 21.8 Å². The number of ether oxygens (including phenoxy) is 1. The van der Waals surface area contributed by atoms with Gasteiger partial charge in [-0.2, -0.15) is 9.40 Å². The maximum absolute atomic E-state index is 12.8. The average Bonchev–Trinajstić information content (AvgIpc) is 3.13. The molecule has 3 heterocycles. The molecule has 1 aliphatic heterocycles. The molecule has 1 saturated heterocycles. The van der Waals surface area contributed by atoms with E-state index in [9.17, 15) is 18.0 Å². The van der Waals surface area contributed by atoms with E-state index in [1.165, 1.54) is 39.3 Å². The lowest BCUT2D eigenvalue weighted by Gasteiger charge is -2.26. The Balaban J connectivity index is 1.48. The first-order valence-electron chi connectivity index (χ1n) is 9.46. The van der Waals surface area contributed by atoms with Crippen LogP contribution in [0.15, 0.2) is 47.6 Å². The van der Waals surface area contributed by atoms with Crippen molar-refractivity contribution < 1.29 is 22.7 Å². The molecule has 2 N–H and O–H groups in total. The quantitative estimate of drug-likeness (QED) is 0.546. The standard InChI is InChI=1S/C19H20N6O5S/c1-13-16(17-20-6-3-7-25(17)23-13)19(27)22-21-18(26)14-4-2-5-15(12-14)31(28,29)24-8-10-30-11-9-24/h2-7,12H,8-11H2,1H3,(H,21,26)(H,22,27). The van der Waals surface area contributed by atoms with Gasteiger partial charge in [-0.25, -0.2) is 17.9 Å². The number of nitrogens with one attached hydrogen (secondary N) is 2. The third-order valence-corrected chi connectivity index (χ3v) is 6.69. The fourth-order valence-corrected chi connectivity index (χ4v) is 4.70. The minimum absolute atomic E-state index is 0.00366. The number of hydrogen-bond acceptors (Lipinski definition) is 7. The number of aromatic nitrogens is 3. The van der Waals surface area contributed by atoms with Gasteiger partial charge in [0.05, 0.1) is 23.8 Å². The zero-order valence-electron chi connectivity index (χ0n) is 16.6. The number of nitrogens with zero attached hydrogens (tertiary/aromatic N) is 4. The average molecular weight is 444 g/mol. The fraction of sp³-hybridized carbons (Fsp3) is 0.263. The van der Waals surface area contributed by atoms with Crippen LogP contribution in [0.4, 0.5) is 0 Å². The Morgan fingerprint density at radius 2 is 1.84 bits per heavy atom. The highest BCUT2D eigenvalue weighted by atomic mass is 32.2. The Bertz CT molecular complexity index is 1250. The van der Waals surface area contributed by atoms with Gasteiger partial charge in [-0.05, 0) is 31.2 Å². The van der Waals surface area contributed by atoms with Crippen molar-refractivity contribution in [3.63, 3.8) is 0 Å². The van der Waals surface area contributed by atoms with Crippen molar-refractivity contribution in [3.05, 3.63) is 59.5 Å². The van der Waals surface area contributed by atoms with Gasteiger partial charge >= 0.3 is 0 Å². The summed E-state index contributed by atoms with van der Waals surface area (Å²) in [6.07, 6.45) is 3.19. The molecule has 1 aliphatic rings. The largest absolute Gasteiger partial charge is 0.379 e. The van der Waals surface area contributed by atoms with Gasteiger partial charge in [0.25, 0.3) is 11.8 Å². The molecule has 2 amide bonds. The molecule has 0 saturated carbocycles. The van der Waals surface area contributed by atoms with E-state index in [0.717, 1.165) is 0 Å². The van der Waals surface area contributed by atoms with Crippen LogP contribution in [-0.4, -0.2) is 65.4 Å². The number of amides is 2. The predicted molar refractivity (Wildman–Crippen MR) is 109 cm³/mol. The highest BCUT2D eigenvalue weighted by Gasteiger charge is 2.27. The fourth-order valence-electron chi connectivity index (χ4n) is 3.24. The molecular weight excluding hydrogens is 424 g/mol. The number of rotatable bonds is 4. The molecule has 2 aromatic heterocycles. The maximum Gasteiger partial charge on any atom is 0.275 e. The van der Waals surface area contributed by atoms with E-state index in [1.807, 2.05) is 0 Å². The van der Waals surface area contributed by atoms with Crippen molar-refractivity contribution >= 4 is 27.5 Å². The van der Waals surface area contributed by atoms with Gasteiger partial charge in [0.2, 0.25) is 10.0 Å². The molecule has 11 nitrogen and oxygen atoms in total. The first kappa shape index (κ1) is 20.9. The smallest absolute Gasteiger partial charge is 0.275 e. The third-order valence-electron chi connectivity index (χ3n) is 4.79. The molecule has 3 aromatic rings. The van der Waals surface area contributed by atoms with Gasteiger partial charge in [-0.15, -0.1) is 0 Å². The number of fused-ring (bicyclic) bond motifs is 1. The zero-order chi connectivity index (χ0) is 22.0. The molecule has 0 radical (unpaired) electrons. The van der Waals surface area contributed by atoms with Gasteiger partial charge in [-0.3, -0.25) is 20.4 Å². The van der Waals surface area contributed by atoms with Crippen LogP contribution in [0.3, 0.4) is 0 Å². The molecule has 0 aliphatic carbocycles. The lowest BCUT2D eigenvalue weighted by atomic mass is 10.2. The summed E-state index contributed by atoms with van der Waals surface area (Å²) in [6.45, 7) is 2.81. The minimum Gasteiger partial charge on any atom is -0.379 e. The number of carbonyl (C=O) groups is 2. The molecule has 1 fully saturated rings. The SMILES string of the molecule is Cc1nn2cccnc2c1C(=O)NNC(=O)c1cccc(S(=O)(=O)N2CCOCC2)c1. The Morgan fingerprint density at radius 3 is 2.61 bits per heavy atom. The Hall–Kier alpha value is -3.35. The van der Waals surface area contributed by atoms with Crippen molar-refractivity contribution in [1.82, 2.24) is 29.8 Å². The molecule has 31 heavy (non-hydrogen) atoms. The normalized spacial score (nSPS) is 15.0. The molecule has 0 spiro atoms. The van der Waals surface area contributed by atoms with E-state index in [-0.39, 0.29) is 29.1 Å². The lowest BCUT2D eigenvalue weighted by molar-refractivity contribution is 0.0730. The van der Waals surface area contributed by atoms with Crippen molar-refractivity contribution in [2.24, 2.45) is 0 Å². The van der Waals surface area contributed by atoms with Crippen molar-refractivity contribution in [1.29, 1.82) is 0 Å². The Labute approximate surface area is 178 Å². The highest BCUT2D eigenvalue weighted by Crippen LogP contribution is 2.18. The Morgan fingerprint density at radius 1 is 1.10 bits per heavy atom. The Kier molecular flexibility index (Phi) is 5.67. The van der Waals surface area contributed by atoms with Gasteiger partial charge in [-0.1, -0.05) is 6.07 Å². The summed E-state index contributed by atoms with van der Waals surface area (Å²) in [4.78, 5) is 29.2. The van der Waals surface area contributed by atoms with Crippen LogP contribution in [0, 0.1) is 6.92 Å².